The van der Waals surface area contributed by atoms with Gasteiger partial charge in [0.05, 0.1) is 0 Å². The molecule has 0 spiro atoms. The first-order valence-electron chi connectivity index (χ1n) is 3.66. The van der Waals surface area contributed by atoms with E-state index >= 15 is 0 Å². The highest BCUT2D eigenvalue weighted by atomic mass is 33.1. The largest absolute Gasteiger partial charge is 0.480 e. The number of nitrogens with two attached hydrogens (primary N) is 2. The lowest BCUT2D eigenvalue weighted by atomic mass is 10.4. The van der Waals surface area contributed by atoms with E-state index in [0.717, 1.165) is 0 Å². The van der Waals surface area contributed by atoms with Crippen molar-refractivity contribution in [2.45, 2.75) is 12.1 Å². The molecule has 0 heterocycles. The lowest BCUT2D eigenvalue weighted by Crippen LogP contribution is -2.33. The molecule has 10 nitrogen and oxygen atoms in total. The molecule has 0 bridgehead atoms. The zero-order valence-electron chi connectivity index (χ0n) is 9.25. The van der Waals surface area contributed by atoms with Crippen LogP contribution in [-0.2, 0) is 9.59 Å². The first-order valence-corrected chi connectivity index (χ1v) is 6.15. The van der Waals surface area contributed by atoms with Gasteiger partial charge in [-0.05, 0) is 0 Å². The number of carboxylic acid groups (broad SMARTS) is 2. The first-order chi connectivity index (χ1) is 6.45. The highest BCUT2D eigenvalue weighted by Gasteiger charge is 2.14. The molecule has 0 aromatic carbocycles. The fourth-order valence-electron chi connectivity index (χ4n) is 0.385. The van der Waals surface area contributed by atoms with E-state index in [2.05, 4.69) is 0 Å². The minimum absolute atomic E-state index is 0. The van der Waals surface area contributed by atoms with Gasteiger partial charge in [-0.2, -0.15) is 0 Å². The Bertz CT molecular complexity index is 198. The summed E-state index contributed by atoms with van der Waals surface area (Å²) in [5, 5.41) is 16.8. The van der Waals surface area contributed by atoms with Crippen LogP contribution in [0.4, 0.5) is 0 Å². The molecule has 0 amide bonds. The lowest BCUT2D eigenvalue weighted by molar-refractivity contribution is -0.138. The van der Waals surface area contributed by atoms with Crippen LogP contribution in [0.1, 0.15) is 0 Å². The summed E-state index contributed by atoms with van der Waals surface area (Å²) in [6.07, 6.45) is 0. The summed E-state index contributed by atoms with van der Waals surface area (Å²) >= 11 is 0. The van der Waals surface area contributed by atoms with E-state index in [1.54, 1.807) is 0 Å². The number of carboxylic acids is 2. The van der Waals surface area contributed by atoms with Gasteiger partial charge in [-0.3, -0.25) is 9.59 Å². The Morgan fingerprint density at radius 3 is 1.22 bits per heavy atom. The van der Waals surface area contributed by atoms with Crippen LogP contribution in [0, 0.1) is 0 Å². The summed E-state index contributed by atoms with van der Waals surface area (Å²) in [7, 11) is 2.41. The zero-order chi connectivity index (χ0) is 11.1. The average molecular weight is 312 g/mol. The summed E-state index contributed by atoms with van der Waals surface area (Å²) in [4.78, 5) is 20.5. The molecule has 0 fully saturated rings. The van der Waals surface area contributed by atoms with Crippen molar-refractivity contribution in [3.05, 3.63) is 0 Å². The molecular formula is C6H20N2O8S2. The molecule has 2 atom stereocenters. The second-order valence-corrected chi connectivity index (χ2v) is 5.01. The van der Waals surface area contributed by atoms with Crippen LogP contribution in [0.2, 0.25) is 0 Å². The lowest BCUT2D eigenvalue weighted by Gasteiger charge is -2.07. The number of hydrogen-bond acceptors (Lipinski definition) is 6. The normalized spacial score (nSPS) is 11.4. The molecule has 0 aromatic heterocycles. The molecule has 0 aliphatic rings. The van der Waals surface area contributed by atoms with Gasteiger partial charge in [0.25, 0.3) is 0 Å². The third kappa shape index (κ3) is 15.4. The van der Waals surface area contributed by atoms with Crippen molar-refractivity contribution in [1.82, 2.24) is 0 Å². The second-order valence-electron chi connectivity index (χ2n) is 2.46. The SMILES string of the molecule is N[C@@H](CSSC[C@H](N)C(=O)O)C(=O)O.O.O.O.O. The van der Waals surface area contributed by atoms with Gasteiger partial charge in [-0.15, -0.1) is 0 Å². The highest BCUT2D eigenvalue weighted by molar-refractivity contribution is 8.76. The van der Waals surface area contributed by atoms with Gasteiger partial charge in [0.15, 0.2) is 0 Å². The maximum Gasteiger partial charge on any atom is 0.321 e. The Morgan fingerprint density at radius 1 is 0.833 bits per heavy atom. The van der Waals surface area contributed by atoms with Gasteiger partial charge >= 0.3 is 11.9 Å². The molecular weight excluding hydrogens is 292 g/mol. The van der Waals surface area contributed by atoms with E-state index < -0.39 is 24.0 Å². The molecule has 0 radical (unpaired) electrons. The fraction of sp³-hybridized carbons (Fsp3) is 0.667. The monoisotopic (exact) mass is 312 g/mol. The summed E-state index contributed by atoms with van der Waals surface area (Å²) in [5.74, 6) is -1.68. The van der Waals surface area contributed by atoms with E-state index in [9.17, 15) is 9.59 Å². The van der Waals surface area contributed by atoms with Crippen molar-refractivity contribution in [1.29, 1.82) is 0 Å². The van der Waals surface area contributed by atoms with Crippen LogP contribution in [-0.4, -0.2) is 67.6 Å². The van der Waals surface area contributed by atoms with E-state index in [1.165, 1.54) is 21.6 Å². The van der Waals surface area contributed by atoms with E-state index in [-0.39, 0.29) is 33.4 Å². The van der Waals surface area contributed by atoms with Crippen LogP contribution in [0.25, 0.3) is 0 Å². The Balaban J connectivity index is -0.000000141. The number of aliphatic carboxylic acids is 2. The van der Waals surface area contributed by atoms with Crippen molar-refractivity contribution < 1.29 is 41.7 Å². The molecule has 0 saturated heterocycles. The van der Waals surface area contributed by atoms with Crippen molar-refractivity contribution in [3.63, 3.8) is 0 Å². The molecule has 0 aromatic rings. The summed E-state index contributed by atoms with van der Waals surface area (Å²) in [5.41, 5.74) is 10.4. The molecule has 12 heteroatoms. The fourth-order valence-corrected chi connectivity index (χ4v) is 2.61. The van der Waals surface area contributed by atoms with Crippen LogP contribution >= 0.6 is 21.6 Å². The van der Waals surface area contributed by atoms with Crippen molar-refractivity contribution >= 4 is 33.5 Å². The third-order valence-corrected chi connectivity index (χ3v) is 3.69. The molecule has 0 aliphatic heterocycles. The van der Waals surface area contributed by atoms with E-state index in [1.807, 2.05) is 0 Å². The van der Waals surface area contributed by atoms with E-state index in [4.69, 9.17) is 21.7 Å². The molecule has 0 saturated carbocycles. The molecule has 0 aliphatic carbocycles. The number of carbonyl (C=O) groups is 2. The second kappa shape index (κ2) is 16.4. The third-order valence-electron chi connectivity index (χ3n) is 1.21. The Morgan fingerprint density at radius 2 is 1.06 bits per heavy atom. The van der Waals surface area contributed by atoms with Gasteiger partial charge in [0.1, 0.15) is 12.1 Å². The number of hydrogen-bond donors (Lipinski definition) is 4. The minimum atomic E-state index is -1.07. The van der Waals surface area contributed by atoms with Crippen LogP contribution in [0.3, 0.4) is 0 Å². The average Bonchev–Trinajstić information content (AvgIpc) is 2.11. The highest BCUT2D eigenvalue weighted by Crippen LogP contribution is 2.22. The number of rotatable bonds is 7. The predicted molar refractivity (Wildman–Crippen MR) is 70.6 cm³/mol. The molecule has 18 heavy (non-hydrogen) atoms. The smallest absolute Gasteiger partial charge is 0.321 e. The molecule has 14 N–H and O–H groups in total. The van der Waals surface area contributed by atoms with Gasteiger partial charge in [-0.1, -0.05) is 21.6 Å². The molecule has 0 unspecified atom stereocenters. The van der Waals surface area contributed by atoms with Crippen molar-refractivity contribution in [2.24, 2.45) is 11.5 Å². The van der Waals surface area contributed by atoms with E-state index in [0.29, 0.717) is 0 Å². The Labute approximate surface area is 111 Å². The molecule has 0 rings (SSSR count). The summed E-state index contributed by atoms with van der Waals surface area (Å²) in [6, 6.07) is -1.85. The predicted octanol–water partition coefficient (Wildman–Crippen LogP) is -4.11. The Kier molecular flexibility index (Phi) is 27.7. The van der Waals surface area contributed by atoms with Gasteiger partial charge < -0.3 is 43.6 Å². The van der Waals surface area contributed by atoms with Crippen molar-refractivity contribution in [2.75, 3.05) is 11.5 Å². The quantitative estimate of drug-likeness (QED) is 0.264. The van der Waals surface area contributed by atoms with Gasteiger partial charge in [0.2, 0.25) is 0 Å². The topological polar surface area (TPSA) is 253 Å². The zero-order valence-corrected chi connectivity index (χ0v) is 10.9. The van der Waals surface area contributed by atoms with Crippen LogP contribution in [0.5, 0.6) is 0 Å². The van der Waals surface area contributed by atoms with Gasteiger partial charge in [-0.25, -0.2) is 0 Å². The summed E-state index contributed by atoms with van der Waals surface area (Å²) in [6.45, 7) is 0. The standard InChI is InChI=1S/C6H12N2O4S2.4H2O/c7-3(5(9)10)1-13-14-2-4(8)6(11)12;;;;/h3-4H,1-2,7-8H2,(H,9,10)(H,11,12);4*1H2/t3-,4-;;;;/m0..../s1. The van der Waals surface area contributed by atoms with Gasteiger partial charge in [0, 0.05) is 11.5 Å². The van der Waals surface area contributed by atoms with Crippen LogP contribution < -0.4 is 11.5 Å². The maximum atomic E-state index is 10.3. The van der Waals surface area contributed by atoms with Crippen molar-refractivity contribution in [3.8, 4) is 0 Å². The maximum absolute atomic E-state index is 10.3. The summed E-state index contributed by atoms with van der Waals surface area (Å²) < 4.78 is 0. The first kappa shape index (κ1) is 30.4. The Hall–Kier alpha value is -0.600. The molecule has 114 valence electrons. The minimum Gasteiger partial charge on any atom is -0.480 e. The van der Waals surface area contributed by atoms with Crippen LogP contribution in [0.15, 0.2) is 0 Å².